The topological polar surface area (TPSA) is 68.0 Å². The van der Waals surface area contributed by atoms with Gasteiger partial charge in [-0.1, -0.05) is 19.1 Å². The SMILES string of the molecule is Cc1nc(-c2ccc(NC(=O)CCC(C)CN)cc2)cs1. The molecule has 1 aromatic heterocycles. The minimum atomic E-state index is 0.0348. The Morgan fingerprint density at radius 3 is 2.67 bits per heavy atom. The molecule has 0 saturated heterocycles. The van der Waals surface area contributed by atoms with Crippen LogP contribution in [0.5, 0.6) is 0 Å². The molecule has 0 radical (unpaired) electrons. The number of nitrogens with one attached hydrogen (secondary N) is 1. The number of hydrogen-bond acceptors (Lipinski definition) is 4. The monoisotopic (exact) mass is 303 g/mol. The first-order valence-electron chi connectivity index (χ1n) is 7.11. The summed E-state index contributed by atoms with van der Waals surface area (Å²) in [6.07, 6.45) is 1.32. The normalized spacial score (nSPS) is 12.1. The number of hydrogen-bond donors (Lipinski definition) is 2. The lowest BCUT2D eigenvalue weighted by Gasteiger charge is -2.09. The summed E-state index contributed by atoms with van der Waals surface area (Å²) in [4.78, 5) is 16.3. The second-order valence-corrected chi connectivity index (χ2v) is 6.32. The van der Waals surface area contributed by atoms with Crippen molar-refractivity contribution in [2.24, 2.45) is 11.7 Å². The maximum Gasteiger partial charge on any atom is 0.224 e. The van der Waals surface area contributed by atoms with Crippen LogP contribution in [0.4, 0.5) is 5.69 Å². The van der Waals surface area contributed by atoms with E-state index in [1.165, 1.54) is 0 Å². The molecule has 4 nitrogen and oxygen atoms in total. The third-order valence-electron chi connectivity index (χ3n) is 3.35. The number of carbonyl (C=O) groups is 1. The number of benzene rings is 1. The predicted octanol–water partition coefficient (Wildman–Crippen LogP) is 3.43. The van der Waals surface area contributed by atoms with Crippen LogP contribution in [0.1, 0.15) is 24.8 Å². The Morgan fingerprint density at radius 1 is 1.38 bits per heavy atom. The Balaban J connectivity index is 1.92. The van der Waals surface area contributed by atoms with E-state index >= 15 is 0 Å². The highest BCUT2D eigenvalue weighted by Crippen LogP contribution is 2.23. The highest BCUT2D eigenvalue weighted by atomic mass is 32.1. The van der Waals surface area contributed by atoms with Crippen molar-refractivity contribution >= 4 is 22.9 Å². The van der Waals surface area contributed by atoms with E-state index in [0.717, 1.165) is 28.4 Å². The number of anilines is 1. The van der Waals surface area contributed by atoms with Crippen molar-refractivity contribution < 1.29 is 4.79 Å². The molecule has 1 atom stereocenters. The number of thiazole rings is 1. The van der Waals surface area contributed by atoms with Crippen LogP contribution in [0, 0.1) is 12.8 Å². The summed E-state index contributed by atoms with van der Waals surface area (Å²) in [7, 11) is 0. The zero-order valence-corrected chi connectivity index (χ0v) is 13.2. The molecule has 0 fully saturated rings. The van der Waals surface area contributed by atoms with E-state index in [1.807, 2.05) is 36.6 Å². The van der Waals surface area contributed by atoms with Gasteiger partial charge in [0.2, 0.25) is 5.91 Å². The summed E-state index contributed by atoms with van der Waals surface area (Å²) < 4.78 is 0. The van der Waals surface area contributed by atoms with Gasteiger partial charge in [0, 0.05) is 23.1 Å². The summed E-state index contributed by atoms with van der Waals surface area (Å²) in [5, 5.41) is 6.00. The molecule has 1 aromatic carbocycles. The molecule has 3 N–H and O–H groups in total. The summed E-state index contributed by atoms with van der Waals surface area (Å²) in [5.74, 6) is 0.415. The van der Waals surface area contributed by atoms with Crippen LogP contribution in [0.2, 0.25) is 0 Å². The van der Waals surface area contributed by atoms with Crippen LogP contribution in [-0.2, 0) is 4.79 Å². The van der Waals surface area contributed by atoms with Crippen LogP contribution in [0.25, 0.3) is 11.3 Å². The first-order chi connectivity index (χ1) is 10.1. The van der Waals surface area contributed by atoms with Crippen LogP contribution < -0.4 is 11.1 Å². The lowest BCUT2D eigenvalue weighted by molar-refractivity contribution is -0.116. The number of amides is 1. The molecule has 5 heteroatoms. The number of carbonyl (C=O) groups excluding carboxylic acids is 1. The zero-order chi connectivity index (χ0) is 15.2. The van der Waals surface area contributed by atoms with Crippen molar-refractivity contribution in [3.8, 4) is 11.3 Å². The molecule has 0 aliphatic rings. The van der Waals surface area contributed by atoms with Crippen molar-refractivity contribution in [2.75, 3.05) is 11.9 Å². The highest BCUT2D eigenvalue weighted by molar-refractivity contribution is 7.09. The third kappa shape index (κ3) is 4.65. The Morgan fingerprint density at radius 2 is 2.10 bits per heavy atom. The molecular weight excluding hydrogens is 282 g/mol. The Kier molecular flexibility index (Phi) is 5.47. The maximum atomic E-state index is 11.8. The quantitative estimate of drug-likeness (QED) is 0.859. The summed E-state index contributed by atoms with van der Waals surface area (Å²) in [5.41, 5.74) is 8.41. The van der Waals surface area contributed by atoms with Crippen molar-refractivity contribution in [3.05, 3.63) is 34.7 Å². The van der Waals surface area contributed by atoms with E-state index in [2.05, 4.69) is 17.2 Å². The van der Waals surface area contributed by atoms with Gasteiger partial charge >= 0.3 is 0 Å². The van der Waals surface area contributed by atoms with Crippen molar-refractivity contribution in [3.63, 3.8) is 0 Å². The van der Waals surface area contributed by atoms with Crippen LogP contribution in [-0.4, -0.2) is 17.4 Å². The number of aromatic nitrogens is 1. The molecular formula is C16H21N3OS. The fourth-order valence-corrected chi connectivity index (χ4v) is 2.56. The van der Waals surface area contributed by atoms with Crippen LogP contribution in [0.3, 0.4) is 0 Å². The minimum Gasteiger partial charge on any atom is -0.330 e. The van der Waals surface area contributed by atoms with Gasteiger partial charge in [0.15, 0.2) is 0 Å². The van der Waals surface area contributed by atoms with Gasteiger partial charge in [-0.05, 0) is 37.9 Å². The molecule has 0 aliphatic carbocycles. The second kappa shape index (κ2) is 7.33. The Labute approximate surface area is 129 Å². The lowest BCUT2D eigenvalue weighted by atomic mass is 10.1. The number of aryl methyl sites for hydroxylation is 1. The minimum absolute atomic E-state index is 0.0348. The number of nitrogens with zero attached hydrogens (tertiary/aromatic N) is 1. The summed E-state index contributed by atoms with van der Waals surface area (Å²) in [6.45, 7) is 4.66. The first-order valence-corrected chi connectivity index (χ1v) is 7.99. The Hall–Kier alpha value is -1.72. The lowest BCUT2D eigenvalue weighted by Crippen LogP contribution is -2.16. The fraction of sp³-hybridized carbons (Fsp3) is 0.375. The average Bonchev–Trinajstić information content (AvgIpc) is 2.92. The predicted molar refractivity (Wildman–Crippen MR) is 88.4 cm³/mol. The molecule has 2 aromatic rings. The van der Waals surface area contributed by atoms with Gasteiger partial charge in [-0.25, -0.2) is 4.98 Å². The molecule has 1 amide bonds. The van der Waals surface area contributed by atoms with Crippen LogP contribution >= 0.6 is 11.3 Å². The Bertz CT molecular complexity index is 592. The van der Waals surface area contributed by atoms with E-state index in [9.17, 15) is 4.79 Å². The standard InChI is InChI=1S/C16H21N3OS/c1-11(9-17)3-8-16(20)19-14-6-4-13(5-7-14)15-10-21-12(2)18-15/h4-7,10-11H,3,8-9,17H2,1-2H3,(H,19,20). The molecule has 1 heterocycles. The average molecular weight is 303 g/mol. The molecule has 0 bridgehead atoms. The molecule has 21 heavy (non-hydrogen) atoms. The summed E-state index contributed by atoms with van der Waals surface area (Å²) in [6, 6.07) is 7.78. The van der Waals surface area contributed by atoms with Crippen molar-refractivity contribution in [2.45, 2.75) is 26.7 Å². The van der Waals surface area contributed by atoms with Crippen LogP contribution in [0.15, 0.2) is 29.6 Å². The number of rotatable bonds is 6. The molecule has 112 valence electrons. The summed E-state index contributed by atoms with van der Waals surface area (Å²) >= 11 is 1.63. The molecule has 1 unspecified atom stereocenters. The van der Waals surface area contributed by atoms with Gasteiger partial charge in [-0.2, -0.15) is 0 Å². The molecule has 0 saturated carbocycles. The van der Waals surface area contributed by atoms with Crippen molar-refractivity contribution in [1.82, 2.24) is 4.98 Å². The highest BCUT2D eigenvalue weighted by Gasteiger charge is 2.07. The van der Waals surface area contributed by atoms with E-state index in [0.29, 0.717) is 18.9 Å². The second-order valence-electron chi connectivity index (χ2n) is 5.26. The van der Waals surface area contributed by atoms with Gasteiger partial charge in [-0.15, -0.1) is 11.3 Å². The van der Waals surface area contributed by atoms with Gasteiger partial charge in [-0.3, -0.25) is 4.79 Å². The molecule has 2 rings (SSSR count). The first kappa shape index (κ1) is 15.7. The van der Waals surface area contributed by atoms with Gasteiger partial charge < -0.3 is 11.1 Å². The zero-order valence-electron chi connectivity index (χ0n) is 12.4. The molecule has 0 aliphatic heterocycles. The number of nitrogens with two attached hydrogens (primary N) is 1. The van der Waals surface area contributed by atoms with Gasteiger partial charge in [0.05, 0.1) is 10.7 Å². The fourth-order valence-electron chi connectivity index (χ4n) is 1.94. The smallest absolute Gasteiger partial charge is 0.224 e. The third-order valence-corrected chi connectivity index (χ3v) is 4.12. The van der Waals surface area contributed by atoms with E-state index in [-0.39, 0.29) is 5.91 Å². The largest absolute Gasteiger partial charge is 0.330 e. The van der Waals surface area contributed by atoms with Gasteiger partial charge in [0.1, 0.15) is 0 Å². The maximum absolute atomic E-state index is 11.8. The van der Waals surface area contributed by atoms with E-state index < -0.39 is 0 Å². The van der Waals surface area contributed by atoms with Gasteiger partial charge in [0.25, 0.3) is 0 Å². The van der Waals surface area contributed by atoms with Crippen molar-refractivity contribution in [1.29, 1.82) is 0 Å². The molecule has 0 spiro atoms. The van der Waals surface area contributed by atoms with E-state index in [1.54, 1.807) is 11.3 Å². The van der Waals surface area contributed by atoms with E-state index in [4.69, 9.17) is 5.73 Å².